The van der Waals surface area contributed by atoms with Gasteiger partial charge in [-0.1, -0.05) is 6.07 Å². The van der Waals surface area contributed by atoms with Crippen LogP contribution in [-0.4, -0.2) is 45.3 Å². The van der Waals surface area contributed by atoms with Crippen molar-refractivity contribution in [3.05, 3.63) is 45.8 Å². The van der Waals surface area contributed by atoms with E-state index in [0.717, 1.165) is 40.4 Å². The number of hydrogen-bond acceptors (Lipinski definition) is 7. The molecule has 0 bridgehead atoms. The molecule has 0 unspecified atom stereocenters. The minimum atomic E-state index is -3.70. The van der Waals surface area contributed by atoms with Gasteiger partial charge in [-0.3, -0.25) is 4.79 Å². The fraction of sp³-hybridized carbons (Fsp3) is 0.350. The van der Waals surface area contributed by atoms with E-state index < -0.39 is 28.5 Å². The number of amides is 1. The lowest BCUT2D eigenvalue weighted by molar-refractivity contribution is -0.119. The van der Waals surface area contributed by atoms with Gasteiger partial charge < -0.3 is 10.1 Å². The number of esters is 1. The third-order valence-corrected chi connectivity index (χ3v) is 7.74. The molecule has 1 aromatic heterocycles. The lowest BCUT2D eigenvalue weighted by Crippen LogP contribution is -2.23. The second kappa shape index (κ2) is 8.95. The Labute approximate surface area is 179 Å². The van der Waals surface area contributed by atoms with Crippen LogP contribution in [0.5, 0.6) is 0 Å². The Morgan fingerprint density at radius 1 is 1.27 bits per heavy atom. The third-order valence-electron chi connectivity index (χ3n) is 4.72. The molecule has 1 amide bonds. The van der Waals surface area contributed by atoms with Crippen molar-refractivity contribution in [2.75, 3.05) is 26.0 Å². The number of thiophene rings is 1. The first-order valence-electron chi connectivity index (χ1n) is 9.28. The molecule has 0 radical (unpaired) electrons. The quantitative estimate of drug-likeness (QED) is 0.680. The molecular weight excluding hydrogens is 426 g/mol. The van der Waals surface area contributed by atoms with Crippen LogP contribution in [0.25, 0.3) is 0 Å². The van der Waals surface area contributed by atoms with Crippen LogP contribution in [0.15, 0.2) is 29.2 Å². The topological polar surface area (TPSA) is 117 Å². The molecule has 0 atom stereocenters. The second-order valence-electron chi connectivity index (χ2n) is 6.97. The number of rotatable bonds is 6. The van der Waals surface area contributed by atoms with E-state index in [2.05, 4.69) is 11.4 Å². The van der Waals surface area contributed by atoms with E-state index in [9.17, 15) is 23.3 Å². The number of aryl methyl sites for hydroxylation is 1. The molecular formula is C20H21N3O5S2. The normalized spacial score (nSPS) is 13.4. The number of benzene rings is 1. The number of sulfonamides is 1. The van der Waals surface area contributed by atoms with Gasteiger partial charge in [0.05, 0.1) is 16.0 Å². The number of carbonyl (C=O) groups excluding carboxylic acids is 2. The second-order valence-corrected chi connectivity index (χ2v) is 10.2. The smallest absolute Gasteiger partial charge is 0.338 e. The number of hydrogen-bond donors (Lipinski definition) is 1. The van der Waals surface area contributed by atoms with Crippen LogP contribution in [0.4, 0.5) is 5.00 Å². The van der Waals surface area contributed by atoms with Gasteiger partial charge in [0.2, 0.25) is 10.0 Å². The lowest BCUT2D eigenvalue weighted by Gasteiger charge is -2.12. The van der Waals surface area contributed by atoms with Gasteiger partial charge in [-0.15, -0.1) is 11.3 Å². The number of nitrogens with one attached hydrogen (secondary N) is 1. The minimum absolute atomic E-state index is 0.0232. The molecule has 0 saturated carbocycles. The molecule has 0 aliphatic heterocycles. The van der Waals surface area contributed by atoms with Crippen molar-refractivity contribution in [3.63, 3.8) is 0 Å². The maximum absolute atomic E-state index is 12.3. The third kappa shape index (κ3) is 4.53. The maximum atomic E-state index is 12.3. The van der Waals surface area contributed by atoms with Crippen molar-refractivity contribution in [1.29, 1.82) is 5.26 Å². The molecule has 1 aromatic carbocycles. The molecule has 0 saturated heterocycles. The number of carbonyl (C=O) groups is 2. The van der Waals surface area contributed by atoms with Gasteiger partial charge in [0.25, 0.3) is 5.91 Å². The first-order chi connectivity index (χ1) is 14.2. The summed E-state index contributed by atoms with van der Waals surface area (Å²) < 4.78 is 30.5. The van der Waals surface area contributed by atoms with E-state index in [0.29, 0.717) is 10.6 Å². The summed E-state index contributed by atoms with van der Waals surface area (Å²) in [6.45, 7) is -0.545. The van der Waals surface area contributed by atoms with E-state index in [1.165, 1.54) is 49.7 Å². The van der Waals surface area contributed by atoms with Crippen LogP contribution >= 0.6 is 11.3 Å². The zero-order chi connectivity index (χ0) is 21.9. The summed E-state index contributed by atoms with van der Waals surface area (Å²) in [6, 6.07) is 7.58. The number of fused-ring (bicyclic) bond motifs is 1. The highest BCUT2D eigenvalue weighted by atomic mass is 32.2. The Hall–Kier alpha value is -2.74. The lowest BCUT2D eigenvalue weighted by atomic mass is 9.96. The van der Waals surface area contributed by atoms with E-state index in [-0.39, 0.29) is 10.5 Å². The SMILES string of the molecule is CN(C)S(=O)(=O)c1cccc(C(=O)OCC(=O)Nc2sc3c(c2C#N)CCCC3)c1. The molecule has 158 valence electrons. The van der Waals surface area contributed by atoms with E-state index in [4.69, 9.17) is 4.74 Å². The van der Waals surface area contributed by atoms with Crippen molar-refractivity contribution in [2.24, 2.45) is 0 Å². The summed E-state index contributed by atoms with van der Waals surface area (Å²) in [7, 11) is -0.914. The van der Waals surface area contributed by atoms with Crippen LogP contribution in [0.2, 0.25) is 0 Å². The summed E-state index contributed by atoms with van der Waals surface area (Å²) >= 11 is 1.39. The molecule has 1 heterocycles. The first kappa shape index (κ1) is 22.0. The van der Waals surface area contributed by atoms with Crippen LogP contribution < -0.4 is 5.32 Å². The summed E-state index contributed by atoms with van der Waals surface area (Å²) in [5.74, 6) is -1.37. The average Bonchev–Trinajstić information content (AvgIpc) is 3.08. The Morgan fingerprint density at radius 2 is 2.00 bits per heavy atom. The van der Waals surface area contributed by atoms with Crippen molar-refractivity contribution in [2.45, 2.75) is 30.6 Å². The van der Waals surface area contributed by atoms with Crippen LogP contribution in [0.3, 0.4) is 0 Å². The zero-order valence-corrected chi connectivity index (χ0v) is 18.2. The Balaban J connectivity index is 1.65. The number of anilines is 1. The van der Waals surface area contributed by atoms with Crippen molar-refractivity contribution >= 4 is 38.2 Å². The molecule has 10 heteroatoms. The predicted molar refractivity (Wildman–Crippen MR) is 112 cm³/mol. The summed E-state index contributed by atoms with van der Waals surface area (Å²) in [5.41, 5.74) is 1.51. The zero-order valence-electron chi connectivity index (χ0n) is 16.6. The van der Waals surface area contributed by atoms with Gasteiger partial charge >= 0.3 is 5.97 Å². The molecule has 1 aliphatic rings. The van der Waals surface area contributed by atoms with Crippen LogP contribution in [0, 0.1) is 11.3 Å². The Kier molecular flexibility index (Phi) is 6.55. The molecule has 8 nitrogen and oxygen atoms in total. The molecule has 1 aliphatic carbocycles. The number of nitriles is 1. The molecule has 0 spiro atoms. The highest BCUT2D eigenvalue weighted by Gasteiger charge is 2.23. The maximum Gasteiger partial charge on any atom is 0.338 e. The fourth-order valence-electron chi connectivity index (χ4n) is 3.14. The van der Waals surface area contributed by atoms with Gasteiger partial charge in [0.15, 0.2) is 6.61 Å². The summed E-state index contributed by atoms with van der Waals surface area (Å²) in [6.07, 6.45) is 3.80. The number of ether oxygens (including phenoxy) is 1. The first-order valence-corrected chi connectivity index (χ1v) is 11.5. The largest absolute Gasteiger partial charge is 0.452 e. The molecule has 1 N–H and O–H groups in total. The highest BCUT2D eigenvalue weighted by Crippen LogP contribution is 2.37. The van der Waals surface area contributed by atoms with Crippen LogP contribution in [-0.2, 0) is 32.4 Å². The minimum Gasteiger partial charge on any atom is -0.452 e. The van der Waals surface area contributed by atoms with E-state index in [1.54, 1.807) is 0 Å². The van der Waals surface area contributed by atoms with Gasteiger partial charge in [0, 0.05) is 19.0 Å². The van der Waals surface area contributed by atoms with Gasteiger partial charge in [-0.25, -0.2) is 17.5 Å². The summed E-state index contributed by atoms with van der Waals surface area (Å²) in [4.78, 5) is 25.6. The molecule has 2 aromatic rings. The monoisotopic (exact) mass is 447 g/mol. The van der Waals surface area contributed by atoms with Crippen molar-refractivity contribution in [3.8, 4) is 6.07 Å². The average molecular weight is 448 g/mol. The van der Waals surface area contributed by atoms with Gasteiger partial charge in [-0.05, 0) is 49.4 Å². The van der Waals surface area contributed by atoms with Crippen molar-refractivity contribution < 1.29 is 22.7 Å². The Morgan fingerprint density at radius 3 is 2.70 bits per heavy atom. The number of nitrogens with zero attached hydrogens (tertiary/aromatic N) is 2. The molecule has 0 fully saturated rings. The predicted octanol–water partition coefficient (Wildman–Crippen LogP) is 2.54. The standard InChI is InChI=1S/C20H21N3O5S2/c1-23(2)30(26,27)14-7-5-6-13(10-14)20(25)28-12-18(24)22-19-16(11-21)15-8-3-4-9-17(15)29-19/h5-7,10H,3-4,8-9,12H2,1-2H3,(H,22,24). The van der Waals surface area contributed by atoms with E-state index in [1.807, 2.05) is 0 Å². The van der Waals surface area contributed by atoms with Crippen molar-refractivity contribution in [1.82, 2.24) is 4.31 Å². The highest BCUT2D eigenvalue weighted by molar-refractivity contribution is 7.89. The fourth-order valence-corrected chi connectivity index (χ4v) is 5.35. The van der Waals surface area contributed by atoms with E-state index >= 15 is 0 Å². The van der Waals surface area contributed by atoms with Gasteiger partial charge in [0.1, 0.15) is 11.1 Å². The van der Waals surface area contributed by atoms with Crippen LogP contribution in [0.1, 0.15) is 39.2 Å². The van der Waals surface area contributed by atoms with Gasteiger partial charge in [-0.2, -0.15) is 5.26 Å². The molecule has 3 rings (SSSR count). The molecule has 30 heavy (non-hydrogen) atoms. The summed E-state index contributed by atoms with van der Waals surface area (Å²) in [5, 5.41) is 12.6. The Bertz CT molecular complexity index is 1130.